The number of nitrogens with one attached hydrogen (secondary N) is 1. The lowest BCUT2D eigenvalue weighted by atomic mass is 10.1. The van der Waals surface area contributed by atoms with E-state index in [1.54, 1.807) is 43.5 Å². The third-order valence-corrected chi connectivity index (χ3v) is 6.51. The largest absolute Gasteiger partial charge is 0.497 e. The van der Waals surface area contributed by atoms with Crippen LogP contribution in [0.1, 0.15) is 32.8 Å². The molecule has 0 fully saturated rings. The summed E-state index contributed by atoms with van der Waals surface area (Å²) in [6.07, 6.45) is 1.41. The molecule has 0 aliphatic rings. The summed E-state index contributed by atoms with van der Waals surface area (Å²) in [5.74, 6) is 0.442. The second-order valence-corrected chi connectivity index (χ2v) is 10.3. The van der Waals surface area contributed by atoms with Gasteiger partial charge in [0.1, 0.15) is 24.1 Å². The summed E-state index contributed by atoms with van der Waals surface area (Å²) in [7, 11) is -0.718. The number of ether oxygens (including phenoxy) is 2. The Hall–Kier alpha value is -3.27. The fourth-order valence-corrected chi connectivity index (χ4v) is 4.44. The van der Waals surface area contributed by atoms with Crippen molar-refractivity contribution < 1.29 is 27.5 Å². The van der Waals surface area contributed by atoms with Gasteiger partial charge in [0.05, 0.1) is 26.2 Å². The van der Waals surface area contributed by atoms with Gasteiger partial charge >= 0.3 is 0 Å². The Morgan fingerprint density at radius 2 is 1.46 bits per heavy atom. The van der Waals surface area contributed by atoms with Gasteiger partial charge in [0.2, 0.25) is 21.8 Å². The summed E-state index contributed by atoms with van der Waals surface area (Å²) < 4.78 is 36.6. The van der Waals surface area contributed by atoms with Gasteiger partial charge in [0.15, 0.2) is 0 Å². The zero-order chi connectivity index (χ0) is 26.2. The highest BCUT2D eigenvalue weighted by Crippen LogP contribution is 2.23. The van der Waals surface area contributed by atoms with Gasteiger partial charge in [-0.15, -0.1) is 0 Å². The van der Waals surface area contributed by atoms with E-state index in [-0.39, 0.29) is 18.5 Å². The number of anilines is 1. The normalized spacial score (nSPS) is 12.1. The molecule has 2 rings (SSSR count). The number of nitrogens with zero attached hydrogens (tertiary/aromatic N) is 2. The zero-order valence-electron chi connectivity index (χ0n) is 21.1. The van der Waals surface area contributed by atoms with Crippen LogP contribution in [0, 0.1) is 0 Å². The number of rotatable bonds is 12. The summed E-state index contributed by atoms with van der Waals surface area (Å²) >= 11 is 0. The van der Waals surface area contributed by atoms with Gasteiger partial charge < -0.3 is 19.7 Å². The van der Waals surface area contributed by atoms with E-state index >= 15 is 0 Å². The van der Waals surface area contributed by atoms with Crippen LogP contribution in [-0.2, 0) is 26.2 Å². The van der Waals surface area contributed by atoms with Crippen LogP contribution in [0.5, 0.6) is 11.5 Å². The van der Waals surface area contributed by atoms with E-state index < -0.39 is 28.5 Å². The number of benzene rings is 2. The standard InChI is InChI=1S/C25H35N3O6S/c1-7-23(25(30)26-18(2)3)27(16-19-8-12-21(33-4)13-9-19)24(29)17-28(35(6,31)32)20-10-14-22(34-5)15-11-20/h8-15,18,23H,7,16-17H2,1-6H3,(H,26,30)/t23-/m0/s1. The molecule has 192 valence electrons. The van der Waals surface area contributed by atoms with Crippen LogP contribution >= 0.6 is 0 Å². The molecule has 2 aromatic carbocycles. The van der Waals surface area contributed by atoms with Gasteiger partial charge in [0, 0.05) is 12.6 Å². The zero-order valence-corrected chi connectivity index (χ0v) is 22.0. The molecule has 9 nitrogen and oxygen atoms in total. The van der Waals surface area contributed by atoms with Gasteiger partial charge in [-0.1, -0.05) is 19.1 Å². The van der Waals surface area contributed by atoms with Crippen LogP contribution in [0.4, 0.5) is 5.69 Å². The van der Waals surface area contributed by atoms with Crippen LogP contribution in [0.3, 0.4) is 0 Å². The summed E-state index contributed by atoms with van der Waals surface area (Å²) in [5, 5.41) is 2.86. The fraction of sp³-hybridized carbons (Fsp3) is 0.440. The summed E-state index contributed by atoms with van der Waals surface area (Å²) in [6.45, 7) is 5.18. The molecule has 0 aliphatic carbocycles. The minimum absolute atomic E-state index is 0.110. The number of hydrogen-bond acceptors (Lipinski definition) is 6. The minimum Gasteiger partial charge on any atom is -0.497 e. The molecule has 0 spiro atoms. The number of carbonyl (C=O) groups excluding carboxylic acids is 2. The first-order valence-corrected chi connectivity index (χ1v) is 13.2. The predicted molar refractivity (Wildman–Crippen MR) is 136 cm³/mol. The molecule has 0 heterocycles. The molecule has 2 aromatic rings. The first-order valence-electron chi connectivity index (χ1n) is 11.3. The maximum absolute atomic E-state index is 13.6. The molecule has 0 saturated carbocycles. The van der Waals surface area contributed by atoms with Gasteiger partial charge in [-0.2, -0.15) is 0 Å². The molecule has 1 N–H and O–H groups in total. The Kier molecular flexibility index (Phi) is 9.94. The van der Waals surface area contributed by atoms with Crippen molar-refractivity contribution in [3.63, 3.8) is 0 Å². The third kappa shape index (κ3) is 7.88. The fourth-order valence-electron chi connectivity index (χ4n) is 3.59. The van der Waals surface area contributed by atoms with Crippen molar-refractivity contribution in [1.82, 2.24) is 10.2 Å². The molecule has 1 atom stereocenters. The van der Waals surface area contributed by atoms with Crippen LogP contribution < -0.4 is 19.1 Å². The molecule has 0 bridgehead atoms. The van der Waals surface area contributed by atoms with E-state index in [1.807, 2.05) is 32.9 Å². The molecule has 0 aromatic heterocycles. The highest BCUT2D eigenvalue weighted by molar-refractivity contribution is 7.92. The number of amides is 2. The average Bonchev–Trinajstić information content (AvgIpc) is 2.81. The summed E-state index contributed by atoms with van der Waals surface area (Å²) in [6, 6.07) is 12.7. The van der Waals surface area contributed by atoms with Crippen molar-refractivity contribution >= 4 is 27.5 Å². The van der Waals surface area contributed by atoms with Crippen LogP contribution in [0.25, 0.3) is 0 Å². The van der Waals surface area contributed by atoms with E-state index in [4.69, 9.17) is 9.47 Å². The molecule has 10 heteroatoms. The smallest absolute Gasteiger partial charge is 0.244 e. The second-order valence-electron chi connectivity index (χ2n) is 8.42. The maximum atomic E-state index is 13.6. The number of methoxy groups -OCH3 is 2. The first kappa shape index (κ1) is 28.0. The number of sulfonamides is 1. The van der Waals surface area contributed by atoms with Crippen molar-refractivity contribution in [3.8, 4) is 11.5 Å². The molecule has 35 heavy (non-hydrogen) atoms. The van der Waals surface area contributed by atoms with Crippen molar-refractivity contribution in [2.75, 3.05) is 31.3 Å². The first-order chi connectivity index (χ1) is 16.5. The average molecular weight is 506 g/mol. The summed E-state index contributed by atoms with van der Waals surface area (Å²) in [5.41, 5.74) is 1.11. The van der Waals surface area contributed by atoms with Crippen LogP contribution in [-0.4, -0.2) is 64.2 Å². The van der Waals surface area contributed by atoms with Crippen LogP contribution in [0.15, 0.2) is 48.5 Å². The number of carbonyl (C=O) groups is 2. The topological polar surface area (TPSA) is 105 Å². The molecule has 0 aliphatic heterocycles. The van der Waals surface area contributed by atoms with E-state index in [0.29, 0.717) is 23.6 Å². The molecule has 0 unspecified atom stereocenters. The van der Waals surface area contributed by atoms with Crippen molar-refractivity contribution in [2.24, 2.45) is 0 Å². The quantitative estimate of drug-likeness (QED) is 0.476. The van der Waals surface area contributed by atoms with E-state index in [0.717, 1.165) is 16.1 Å². The lowest BCUT2D eigenvalue weighted by Crippen LogP contribution is -2.53. The lowest BCUT2D eigenvalue weighted by Gasteiger charge is -2.33. The maximum Gasteiger partial charge on any atom is 0.244 e. The van der Waals surface area contributed by atoms with E-state index in [1.165, 1.54) is 12.0 Å². The lowest BCUT2D eigenvalue weighted by molar-refractivity contribution is -0.140. The Morgan fingerprint density at radius 3 is 1.89 bits per heavy atom. The Labute approximate surface area is 208 Å². The monoisotopic (exact) mass is 505 g/mol. The Balaban J connectivity index is 2.42. The molecule has 0 saturated heterocycles. The molecule has 0 radical (unpaired) electrons. The molecule has 2 amide bonds. The Bertz CT molecular complexity index is 1090. The van der Waals surface area contributed by atoms with Gasteiger partial charge in [-0.3, -0.25) is 13.9 Å². The Morgan fingerprint density at radius 1 is 0.943 bits per heavy atom. The predicted octanol–water partition coefficient (Wildman–Crippen LogP) is 2.80. The second kappa shape index (κ2) is 12.4. The van der Waals surface area contributed by atoms with Gasteiger partial charge in [0.25, 0.3) is 0 Å². The molecular weight excluding hydrogens is 470 g/mol. The van der Waals surface area contributed by atoms with Crippen molar-refractivity contribution in [2.45, 2.75) is 45.8 Å². The molecular formula is C25H35N3O6S. The van der Waals surface area contributed by atoms with Crippen molar-refractivity contribution in [1.29, 1.82) is 0 Å². The highest BCUT2D eigenvalue weighted by atomic mass is 32.2. The van der Waals surface area contributed by atoms with Gasteiger partial charge in [-0.25, -0.2) is 8.42 Å². The number of hydrogen-bond donors (Lipinski definition) is 1. The SMILES string of the molecule is CC[C@@H](C(=O)NC(C)C)N(Cc1ccc(OC)cc1)C(=O)CN(c1ccc(OC)cc1)S(C)(=O)=O. The minimum atomic E-state index is -3.79. The van der Waals surface area contributed by atoms with Crippen LogP contribution in [0.2, 0.25) is 0 Å². The highest BCUT2D eigenvalue weighted by Gasteiger charge is 2.32. The third-order valence-electron chi connectivity index (χ3n) is 5.37. The van der Waals surface area contributed by atoms with Crippen molar-refractivity contribution in [3.05, 3.63) is 54.1 Å². The van der Waals surface area contributed by atoms with E-state index in [2.05, 4.69) is 5.32 Å². The van der Waals surface area contributed by atoms with Gasteiger partial charge in [-0.05, 0) is 62.2 Å². The summed E-state index contributed by atoms with van der Waals surface area (Å²) in [4.78, 5) is 28.0. The van der Waals surface area contributed by atoms with E-state index in [9.17, 15) is 18.0 Å².